The van der Waals surface area contributed by atoms with Gasteiger partial charge in [0.25, 0.3) is 0 Å². The molecule has 1 aliphatic heterocycles. The maximum atomic E-state index is 12.2. The first-order valence-corrected chi connectivity index (χ1v) is 7.03. The van der Waals surface area contributed by atoms with Crippen LogP contribution in [0.4, 0.5) is 0 Å². The molecule has 1 aromatic carbocycles. The maximum absolute atomic E-state index is 12.2. The Morgan fingerprint density at radius 3 is 2.45 bits per heavy atom. The number of hydrogen-bond donors (Lipinski definition) is 1. The van der Waals surface area contributed by atoms with Crippen LogP contribution in [0, 0.1) is 0 Å². The summed E-state index contributed by atoms with van der Waals surface area (Å²) in [7, 11) is 0. The number of rotatable bonds is 6. The van der Waals surface area contributed by atoms with Crippen LogP contribution in [0.2, 0.25) is 0 Å². The van der Waals surface area contributed by atoms with E-state index in [4.69, 9.17) is 5.73 Å². The fourth-order valence-electron chi connectivity index (χ4n) is 2.50. The minimum atomic E-state index is 0. The quantitative estimate of drug-likeness (QED) is 0.865. The van der Waals surface area contributed by atoms with E-state index >= 15 is 0 Å². The van der Waals surface area contributed by atoms with Crippen molar-refractivity contribution in [1.82, 2.24) is 9.80 Å². The van der Waals surface area contributed by atoms with Crippen LogP contribution in [0.15, 0.2) is 30.3 Å². The molecule has 0 spiro atoms. The highest BCUT2D eigenvalue weighted by Crippen LogP contribution is 2.09. The number of likely N-dealkylation sites (tertiary alicyclic amines) is 1. The van der Waals surface area contributed by atoms with Crippen molar-refractivity contribution >= 4 is 18.3 Å². The predicted molar refractivity (Wildman–Crippen MR) is 83.8 cm³/mol. The minimum absolute atomic E-state index is 0. The standard InChI is InChI=1S/C15H23N3O.ClH/c16-8-11-17(12-14-6-2-1-3-7-14)13-15(19)18-9-4-5-10-18;/h1-3,6-7H,4-5,8-13,16H2;1H. The summed E-state index contributed by atoms with van der Waals surface area (Å²) in [6.07, 6.45) is 2.28. The molecular formula is C15H24ClN3O. The second-order valence-corrected chi connectivity index (χ2v) is 5.07. The van der Waals surface area contributed by atoms with Gasteiger partial charge in [-0.2, -0.15) is 0 Å². The molecule has 5 heteroatoms. The van der Waals surface area contributed by atoms with Crippen LogP contribution in [0.3, 0.4) is 0 Å². The van der Waals surface area contributed by atoms with E-state index in [0.29, 0.717) is 13.1 Å². The van der Waals surface area contributed by atoms with Gasteiger partial charge in [0.2, 0.25) is 5.91 Å². The van der Waals surface area contributed by atoms with E-state index in [-0.39, 0.29) is 18.3 Å². The molecule has 0 aromatic heterocycles. The molecule has 1 saturated heterocycles. The van der Waals surface area contributed by atoms with Crippen LogP contribution in [-0.4, -0.2) is 48.4 Å². The fraction of sp³-hybridized carbons (Fsp3) is 0.533. The van der Waals surface area contributed by atoms with Crippen molar-refractivity contribution in [3.05, 3.63) is 35.9 Å². The van der Waals surface area contributed by atoms with Gasteiger partial charge in [-0.15, -0.1) is 12.4 Å². The van der Waals surface area contributed by atoms with E-state index in [2.05, 4.69) is 17.0 Å². The Morgan fingerprint density at radius 1 is 1.20 bits per heavy atom. The van der Waals surface area contributed by atoms with Crippen molar-refractivity contribution in [1.29, 1.82) is 0 Å². The highest BCUT2D eigenvalue weighted by atomic mass is 35.5. The van der Waals surface area contributed by atoms with E-state index in [1.165, 1.54) is 5.56 Å². The zero-order chi connectivity index (χ0) is 13.5. The Bertz CT molecular complexity index is 393. The normalized spacial score (nSPS) is 14.4. The molecule has 0 atom stereocenters. The van der Waals surface area contributed by atoms with Crippen molar-refractivity contribution in [2.24, 2.45) is 5.73 Å². The monoisotopic (exact) mass is 297 g/mol. The minimum Gasteiger partial charge on any atom is -0.342 e. The van der Waals surface area contributed by atoms with Gasteiger partial charge in [-0.1, -0.05) is 30.3 Å². The number of nitrogens with zero attached hydrogens (tertiary/aromatic N) is 2. The summed E-state index contributed by atoms with van der Waals surface area (Å²) in [6.45, 7) is 4.44. The number of nitrogens with two attached hydrogens (primary N) is 1. The summed E-state index contributed by atoms with van der Waals surface area (Å²) in [5, 5.41) is 0. The molecule has 20 heavy (non-hydrogen) atoms. The van der Waals surface area contributed by atoms with Gasteiger partial charge in [0.15, 0.2) is 0 Å². The topological polar surface area (TPSA) is 49.6 Å². The lowest BCUT2D eigenvalue weighted by Crippen LogP contribution is -2.40. The van der Waals surface area contributed by atoms with E-state index in [0.717, 1.165) is 39.0 Å². The number of halogens is 1. The molecule has 0 radical (unpaired) electrons. The second-order valence-electron chi connectivity index (χ2n) is 5.07. The van der Waals surface area contributed by atoms with E-state index in [1.54, 1.807) is 0 Å². The predicted octanol–water partition coefficient (Wildman–Crippen LogP) is 1.49. The Balaban J connectivity index is 0.00000200. The van der Waals surface area contributed by atoms with Gasteiger partial charge < -0.3 is 10.6 Å². The third-order valence-corrected chi connectivity index (χ3v) is 3.51. The highest BCUT2D eigenvalue weighted by Gasteiger charge is 2.20. The number of carbonyl (C=O) groups excluding carboxylic acids is 1. The van der Waals surface area contributed by atoms with Crippen LogP contribution < -0.4 is 5.73 Å². The van der Waals surface area contributed by atoms with E-state index in [1.807, 2.05) is 23.1 Å². The average Bonchev–Trinajstić information content (AvgIpc) is 2.94. The Kier molecular flexibility index (Phi) is 7.59. The van der Waals surface area contributed by atoms with Crippen molar-refractivity contribution < 1.29 is 4.79 Å². The second kappa shape index (κ2) is 8.95. The molecule has 2 N–H and O–H groups in total. The summed E-state index contributed by atoms with van der Waals surface area (Å²) in [5.41, 5.74) is 6.87. The SMILES string of the molecule is Cl.NCCN(CC(=O)N1CCCC1)Cc1ccccc1. The summed E-state index contributed by atoms with van der Waals surface area (Å²) in [4.78, 5) is 16.3. The molecule has 2 rings (SSSR count). The third kappa shape index (κ3) is 5.12. The zero-order valence-electron chi connectivity index (χ0n) is 11.8. The fourth-order valence-corrected chi connectivity index (χ4v) is 2.50. The van der Waals surface area contributed by atoms with Gasteiger partial charge in [-0.05, 0) is 18.4 Å². The van der Waals surface area contributed by atoms with E-state index < -0.39 is 0 Å². The first-order valence-electron chi connectivity index (χ1n) is 7.03. The first-order chi connectivity index (χ1) is 9.29. The molecule has 4 nitrogen and oxygen atoms in total. The van der Waals surface area contributed by atoms with Crippen LogP contribution in [0.25, 0.3) is 0 Å². The lowest BCUT2D eigenvalue weighted by molar-refractivity contribution is -0.131. The van der Waals surface area contributed by atoms with Crippen LogP contribution in [-0.2, 0) is 11.3 Å². The summed E-state index contributed by atoms with van der Waals surface area (Å²) >= 11 is 0. The van der Waals surface area contributed by atoms with Gasteiger partial charge >= 0.3 is 0 Å². The van der Waals surface area contributed by atoms with Gasteiger partial charge in [0, 0.05) is 32.7 Å². The molecule has 1 fully saturated rings. The zero-order valence-corrected chi connectivity index (χ0v) is 12.6. The summed E-state index contributed by atoms with van der Waals surface area (Å²) in [5.74, 6) is 0.238. The van der Waals surface area contributed by atoms with Crippen LogP contribution >= 0.6 is 12.4 Å². The molecule has 1 aliphatic rings. The Labute approximate surface area is 127 Å². The highest BCUT2D eigenvalue weighted by molar-refractivity contribution is 5.85. The first kappa shape index (κ1) is 17.0. The van der Waals surface area contributed by atoms with Crippen molar-refractivity contribution in [2.45, 2.75) is 19.4 Å². The summed E-state index contributed by atoms with van der Waals surface area (Å²) in [6, 6.07) is 10.2. The van der Waals surface area contributed by atoms with E-state index in [9.17, 15) is 4.79 Å². The van der Waals surface area contributed by atoms with Gasteiger partial charge in [-0.25, -0.2) is 0 Å². The lowest BCUT2D eigenvalue weighted by atomic mass is 10.2. The number of hydrogen-bond acceptors (Lipinski definition) is 3. The molecule has 1 amide bonds. The molecule has 1 aromatic rings. The summed E-state index contributed by atoms with van der Waals surface area (Å²) < 4.78 is 0. The molecule has 112 valence electrons. The van der Waals surface area contributed by atoms with Crippen LogP contribution in [0.5, 0.6) is 0 Å². The maximum Gasteiger partial charge on any atom is 0.236 e. The van der Waals surface area contributed by atoms with Crippen molar-refractivity contribution in [2.75, 3.05) is 32.7 Å². The molecule has 0 unspecified atom stereocenters. The third-order valence-electron chi connectivity index (χ3n) is 3.51. The number of amides is 1. The largest absolute Gasteiger partial charge is 0.342 e. The van der Waals surface area contributed by atoms with Crippen molar-refractivity contribution in [3.63, 3.8) is 0 Å². The smallest absolute Gasteiger partial charge is 0.236 e. The molecule has 0 aliphatic carbocycles. The van der Waals surface area contributed by atoms with Gasteiger partial charge in [-0.3, -0.25) is 9.69 Å². The van der Waals surface area contributed by atoms with Crippen LogP contribution in [0.1, 0.15) is 18.4 Å². The Morgan fingerprint density at radius 2 is 1.85 bits per heavy atom. The Hall–Kier alpha value is -1.10. The molecule has 0 bridgehead atoms. The molecule has 0 saturated carbocycles. The van der Waals surface area contributed by atoms with Crippen molar-refractivity contribution in [3.8, 4) is 0 Å². The molecule has 1 heterocycles. The number of carbonyl (C=O) groups is 1. The average molecular weight is 298 g/mol. The number of benzene rings is 1. The molecular weight excluding hydrogens is 274 g/mol. The van der Waals surface area contributed by atoms with Gasteiger partial charge in [0.1, 0.15) is 0 Å². The van der Waals surface area contributed by atoms with Gasteiger partial charge in [0.05, 0.1) is 6.54 Å². The lowest BCUT2D eigenvalue weighted by Gasteiger charge is -2.24.